The molecule has 0 aromatic carbocycles. The van der Waals surface area contributed by atoms with Crippen LogP contribution in [0.1, 0.15) is 31.0 Å². The molecule has 0 radical (unpaired) electrons. The second kappa shape index (κ2) is 5.27. The highest BCUT2D eigenvalue weighted by Gasteiger charge is 2.12. The summed E-state index contributed by atoms with van der Waals surface area (Å²) in [6.07, 6.45) is 3.34. The number of nitrogens with one attached hydrogen (secondary N) is 1. The van der Waals surface area contributed by atoms with Crippen LogP contribution in [0.25, 0.3) is 5.82 Å². The average Bonchev–Trinajstić information content (AvgIpc) is 2.81. The highest BCUT2D eigenvalue weighted by atomic mass is 19.1. The SMILES string of the molecule is CNCc1ccnc(-n2ccc(C(C)C)n2)c1F. The molecule has 0 saturated carbocycles. The quantitative estimate of drug-likeness (QED) is 0.902. The van der Waals surface area contributed by atoms with Crippen molar-refractivity contribution in [2.75, 3.05) is 7.05 Å². The van der Waals surface area contributed by atoms with Crippen molar-refractivity contribution in [3.63, 3.8) is 0 Å². The van der Waals surface area contributed by atoms with E-state index < -0.39 is 0 Å². The Morgan fingerprint density at radius 1 is 1.39 bits per heavy atom. The Labute approximate surface area is 106 Å². The second-order valence-electron chi connectivity index (χ2n) is 4.48. The molecule has 0 unspecified atom stereocenters. The van der Waals surface area contributed by atoms with Crippen molar-refractivity contribution in [2.24, 2.45) is 0 Å². The maximum Gasteiger partial charge on any atom is 0.190 e. The van der Waals surface area contributed by atoms with Crippen LogP contribution in [-0.4, -0.2) is 21.8 Å². The lowest BCUT2D eigenvalue weighted by molar-refractivity contribution is 0.575. The highest BCUT2D eigenvalue weighted by molar-refractivity contribution is 5.30. The summed E-state index contributed by atoms with van der Waals surface area (Å²) in [7, 11) is 1.78. The van der Waals surface area contributed by atoms with Crippen LogP contribution in [0.3, 0.4) is 0 Å². The summed E-state index contributed by atoms with van der Waals surface area (Å²) < 4.78 is 15.7. The molecule has 0 saturated heterocycles. The molecule has 0 fully saturated rings. The molecule has 0 amide bonds. The van der Waals surface area contributed by atoms with Gasteiger partial charge in [-0.3, -0.25) is 0 Å². The lowest BCUT2D eigenvalue weighted by Crippen LogP contribution is -2.11. The Balaban J connectivity index is 2.40. The zero-order chi connectivity index (χ0) is 13.1. The molecule has 0 spiro atoms. The van der Waals surface area contributed by atoms with Crippen molar-refractivity contribution in [3.8, 4) is 5.82 Å². The van der Waals surface area contributed by atoms with Crippen LogP contribution in [0.15, 0.2) is 24.5 Å². The molecule has 4 nitrogen and oxygen atoms in total. The molecular formula is C13H17FN4. The van der Waals surface area contributed by atoms with E-state index in [9.17, 15) is 4.39 Å². The van der Waals surface area contributed by atoms with E-state index in [1.165, 1.54) is 4.68 Å². The van der Waals surface area contributed by atoms with Crippen LogP contribution < -0.4 is 5.32 Å². The molecule has 0 aliphatic heterocycles. The predicted molar refractivity (Wildman–Crippen MR) is 68.2 cm³/mol. The van der Waals surface area contributed by atoms with Gasteiger partial charge in [-0.2, -0.15) is 5.10 Å². The summed E-state index contributed by atoms with van der Waals surface area (Å²) >= 11 is 0. The number of pyridine rings is 1. The summed E-state index contributed by atoms with van der Waals surface area (Å²) in [5.74, 6) is 0.231. The van der Waals surface area contributed by atoms with Gasteiger partial charge in [0.1, 0.15) is 0 Å². The van der Waals surface area contributed by atoms with Crippen molar-refractivity contribution < 1.29 is 4.39 Å². The number of halogens is 1. The Morgan fingerprint density at radius 2 is 2.17 bits per heavy atom. The van der Waals surface area contributed by atoms with Crippen LogP contribution in [0.4, 0.5) is 4.39 Å². The standard InChI is InChI=1S/C13H17FN4/c1-9(2)11-5-7-18(17-11)13-12(14)10(8-15-3)4-6-16-13/h4-7,9,15H,8H2,1-3H3. The highest BCUT2D eigenvalue weighted by Crippen LogP contribution is 2.17. The van der Waals surface area contributed by atoms with Crippen molar-refractivity contribution >= 4 is 0 Å². The fraction of sp³-hybridized carbons (Fsp3) is 0.385. The minimum Gasteiger partial charge on any atom is -0.316 e. The van der Waals surface area contributed by atoms with E-state index in [0.29, 0.717) is 18.0 Å². The van der Waals surface area contributed by atoms with Gasteiger partial charge in [0, 0.05) is 24.5 Å². The number of hydrogen-bond acceptors (Lipinski definition) is 3. The van der Waals surface area contributed by atoms with E-state index in [2.05, 4.69) is 15.4 Å². The molecule has 2 aromatic rings. The second-order valence-corrected chi connectivity index (χ2v) is 4.48. The minimum absolute atomic E-state index is 0.245. The van der Waals surface area contributed by atoms with Crippen molar-refractivity contribution in [3.05, 3.63) is 41.6 Å². The first-order valence-corrected chi connectivity index (χ1v) is 5.97. The first-order valence-electron chi connectivity index (χ1n) is 5.97. The number of rotatable bonds is 4. The number of aromatic nitrogens is 3. The largest absolute Gasteiger partial charge is 0.316 e. The Hall–Kier alpha value is -1.75. The summed E-state index contributed by atoms with van der Waals surface area (Å²) in [5.41, 5.74) is 1.51. The van der Waals surface area contributed by atoms with Gasteiger partial charge in [-0.25, -0.2) is 14.1 Å². The Kier molecular flexibility index (Phi) is 3.72. The average molecular weight is 248 g/mol. The van der Waals surface area contributed by atoms with Crippen LogP contribution in [0, 0.1) is 5.82 Å². The molecule has 0 bridgehead atoms. The van der Waals surface area contributed by atoms with Gasteiger partial charge in [0.25, 0.3) is 0 Å². The fourth-order valence-electron chi connectivity index (χ4n) is 1.72. The zero-order valence-corrected chi connectivity index (χ0v) is 10.8. The minimum atomic E-state index is -0.328. The van der Waals surface area contributed by atoms with E-state index in [-0.39, 0.29) is 11.6 Å². The molecule has 1 N–H and O–H groups in total. The van der Waals surface area contributed by atoms with E-state index in [4.69, 9.17) is 0 Å². The number of hydrogen-bond donors (Lipinski definition) is 1. The van der Waals surface area contributed by atoms with E-state index >= 15 is 0 Å². The van der Waals surface area contributed by atoms with Gasteiger partial charge in [-0.15, -0.1) is 0 Å². The first-order chi connectivity index (χ1) is 8.63. The molecule has 0 aliphatic carbocycles. The van der Waals surface area contributed by atoms with Crippen molar-refractivity contribution in [1.29, 1.82) is 0 Å². The first kappa shape index (κ1) is 12.7. The van der Waals surface area contributed by atoms with E-state index in [1.807, 2.05) is 19.9 Å². The van der Waals surface area contributed by atoms with Crippen molar-refractivity contribution in [1.82, 2.24) is 20.1 Å². The van der Waals surface area contributed by atoms with Gasteiger partial charge in [0.05, 0.1) is 5.69 Å². The summed E-state index contributed by atoms with van der Waals surface area (Å²) in [5, 5.41) is 7.27. The van der Waals surface area contributed by atoms with Gasteiger partial charge in [-0.05, 0) is 25.1 Å². The van der Waals surface area contributed by atoms with Crippen molar-refractivity contribution in [2.45, 2.75) is 26.3 Å². The van der Waals surface area contributed by atoms with E-state index in [0.717, 1.165) is 5.69 Å². The normalized spacial score (nSPS) is 11.2. The molecular weight excluding hydrogens is 231 g/mol. The topological polar surface area (TPSA) is 42.7 Å². The lowest BCUT2D eigenvalue weighted by Gasteiger charge is -2.07. The van der Waals surface area contributed by atoms with Crippen LogP contribution in [0.5, 0.6) is 0 Å². The molecule has 2 rings (SSSR count). The van der Waals surface area contributed by atoms with Gasteiger partial charge in [0.2, 0.25) is 0 Å². The van der Waals surface area contributed by atoms with Gasteiger partial charge < -0.3 is 5.32 Å². The van der Waals surface area contributed by atoms with E-state index in [1.54, 1.807) is 25.5 Å². The Morgan fingerprint density at radius 3 is 2.78 bits per heavy atom. The van der Waals surface area contributed by atoms with Crippen LogP contribution in [-0.2, 0) is 6.54 Å². The zero-order valence-electron chi connectivity index (χ0n) is 10.8. The summed E-state index contributed by atoms with van der Waals surface area (Å²) in [4.78, 5) is 4.06. The number of nitrogens with zero attached hydrogens (tertiary/aromatic N) is 3. The molecule has 5 heteroatoms. The maximum atomic E-state index is 14.2. The van der Waals surface area contributed by atoms with Crippen LogP contribution in [0.2, 0.25) is 0 Å². The molecule has 18 heavy (non-hydrogen) atoms. The molecule has 2 aromatic heterocycles. The third-order valence-corrected chi connectivity index (χ3v) is 2.74. The monoisotopic (exact) mass is 248 g/mol. The fourth-order valence-corrected chi connectivity index (χ4v) is 1.72. The molecule has 96 valence electrons. The van der Waals surface area contributed by atoms with Gasteiger partial charge in [-0.1, -0.05) is 13.8 Å². The third-order valence-electron chi connectivity index (χ3n) is 2.74. The smallest absolute Gasteiger partial charge is 0.190 e. The summed E-state index contributed by atoms with van der Waals surface area (Å²) in [6.45, 7) is 4.57. The molecule has 2 heterocycles. The maximum absolute atomic E-state index is 14.2. The molecule has 0 atom stereocenters. The molecule has 0 aliphatic rings. The third kappa shape index (κ3) is 2.41. The van der Waals surface area contributed by atoms with Crippen LogP contribution >= 0.6 is 0 Å². The van der Waals surface area contributed by atoms with Gasteiger partial charge in [0.15, 0.2) is 11.6 Å². The Bertz CT molecular complexity index is 534. The summed E-state index contributed by atoms with van der Waals surface area (Å²) in [6, 6.07) is 3.55. The predicted octanol–water partition coefficient (Wildman–Crippen LogP) is 2.25. The van der Waals surface area contributed by atoms with Gasteiger partial charge >= 0.3 is 0 Å². The lowest BCUT2D eigenvalue weighted by atomic mass is 10.1.